The molecule has 0 aromatic heterocycles. The first-order valence-corrected chi connectivity index (χ1v) is 4.85. The van der Waals surface area contributed by atoms with Crippen LogP contribution in [0.25, 0.3) is 0 Å². The minimum absolute atomic E-state index is 0.220. The summed E-state index contributed by atoms with van der Waals surface area (Å²) in [7, 11) is 1.51. The highest BCUT2D eigenvalue weighted by atomic mass is 19.4. The zero-order valence-electron chi connectivity index (χ0n) is 8.56. The lowest BCUT2D eigenvalue weighted by atomic mass is 10.1. The number of nitrogens with zero attached hydrogens (tertiary/aromatic N) is 1. The van der Waals surface area contributed by atoms with Crippen molar-refractivity contribution in [3.05, 3.63) is 0 Å². The van der Waals surface area contributed by atoms with Crippen LogP contribution in [0.1, 0.15) is 13.3 Å². The van der Waals surface area contributed by atoms with E-state index in [2.05, 4.69) is 12.2 Å². The summed E-state index contributed by atoms with van der Waals surface area (Å²) in [6.45, 7) is 2.69. The second-order valence-corrected chi connectivity index (χ2v) is 4.26. The first-order valence-electron chi connectivity index (χ1n) is 4.85. The molecule has 1 heterocycles. The van der Waals surface area contributed by atoms with Crippen molar-refractivity contribution in [2.75, 3.05) is 26.7 Å². The third kappa shape index (κ3) is 4.28. The van der Waals surface area contributed by atoms with E-state index >= 15 is 0 Å². The number of halogens is 3. The molecule has 0 radical (unpaired) electrons. The SMILES string of the molecule is CC1CNC(CN(C)CC(F)(F)F)C1. The Morgan fingerprint density at radius 1 is 1.43 bits per heavy atom. The number of alkyl halides is 3. The summed E-state index contributed by atoms with van der Waals surface area (Å²) >= 11 is 0. The zero-order chi connectivity index (χ0) is 10.8. The molecule has 0 spiro atoms. The van der Waals surface area contributed by atoms with Crippen LogP contribution in [-0.4, -0.2) is 43.8 Å². The summed E-state index contributed by atoms with van der Waals surface area (Å²) < 4.78 is 36.0. The Bertz CT molecular complexity index is 181. The Hall–Kier alpha value is -0.290. The van der Waals surface area contributed by atoms with Gasteiger partial charge in [-0.05, 0) is 25.9 Å². The minimum Gasteiger partial charge on any atom is -0.312 e. The van der Waals surface area contributed by atoms with Crippen molar-refractivity contribution in [1.29, 1.82) is 0 Å². The average molecular weight is 210 g/mol. The van der Waals surface area contributed by atoms with Crippen LogP contribution in [0.5, 0.6) is 0 Å². The van der Waals surface area contributed by atoms with E-state index in [0.29, 0.717) is 12.5 Å². The normalized spacial score (nSPS) is 28.7. The summed E-state index contributed by atoms with van der Waals surface area (Å²) in [5.41, 5.74) is 0. The van der Waals surface area contributed by atoms with Crippen LogP contribution < -0.4 is 5.32 Å². The van der Waals surface area contributed by atoms with Crippen molar-refractivity contribution >= 4 is 0 Å². The summed E-state index contributed by atoms with van der Waals surface area (Å²) in [5, 5.41) is 3.21. The number of hydrogen-bond acceptors (Lipinski definition) is 2. The Morgan fingerprint density at radius 3 is 2.50 bits per heavy atom. The minimum atomic E-state index is -4.08. The molecule has 0 saturated carbocycles. The van der Waals surface area contributed by atoms with Crippen molar-refractivity contribution in [2.45, 2.75) is 25.6 Å². The van der Waals surface area contributed by atoms with Gasteiger partial charge in [0.1, 0.15) is 0 Å². The third-order valence-electron chi connectivity index (χ3n) is 2.42. The lowest BCUT2D eigenvalue weighted by Crippen LogP contribution is -2.39. The predicted octanol–water partition coefficient (Wildman–Crippen LogP) is 1.48. The van der Waals surface area contributed by atoms with E-state index in [-0.39, 0.29) is 6.04 Å². The van der Waals surface area contributed by atoms with E-state index in [0.717, 1.165) is 13.0 Å². The van der Waals surface area contributed by atoms with Gasteiger partial charge in [0.15, 0.2) is 0 Å². The molecule has 2 atom stereocenters. The molecular formula is C9H17F3N2. The van der Waals surface area contributed by atoms with Gasteiger partial charge in [0.2, 0.25) is 0 Å². The topological polar surface area (TPSA) is 15.3 Å². The molecule has 14 heavy (non-hydrogen) atoms. The average Bonchev–Trinajstić information content (AvgIpc) is 2.30. The molecule has 2 nitrogen and oxygen atoms in total. The first-order chi connectivity index (χ1) is 6.37. The maximum absolute atomic E-state index is 12.0. The number of likely N-dealkylation sites (N-methyl/N-ethyl adjacent to an activating group) is 1. The lowest BCUT2D eigenvalue weighted by molar-refractivity contribution is -0.143. The Morgan fingerprint density at radius 2 is 2.07 bits per heavy atom. The highest BCUT2D eigenvalue weighted by Crippen LogP contribution is 2.18. The van der Waals surface area contributed by atoms with Crippen molar-refractivity contribution in [3.8, 4) is 0 Å². The highest BCUT2D eigenvalue weighted by molar-refractivity contribution is 4.81. The summed E-state index contributed by atoms with van der Waals surface area (Å²) in [6.07, 6.45) is -3.11. The van der Waals surface area contributed by atoms with Gasteiger partial charge in [-0.1, -0.05) is 6.92 Å². The quantitative estimate of drug-likeness (QED) is 0.759. The molecule has 1 rings (SSSR count). The maximum atomic E-state index is 12.0. The van der Waals surface area contributed by atoms with Crippen molar-refractivity contribution in [2.24, 2.45) is 5.92 Å². The van der Waals surface area contributed by atoms with Gasteiger partial charge in [0.05, 0.1) is 6.54 Å². The van der Waals surface area contributed by atoms with Gasteiger partial charge in [-0.15, -0.1) is 0 Å². The van der Waals surface area contributed by atoms with Gasteiger partial charge in [-0.25, -0.2) is 0 Å². The molecule has 0 aliphatic carbocycles. The van der Waals surface area contributed by atoms with Crippen LogP contribution in [0.4, 0.5) is 13.2 Å². The number of nitrogens with one attached hydrogen (secondary N) is 1. The van der Waals surface area contributed by atoms with Crippen LogP contribution in [0.15, 0.2) is 0 Å². The Balaban J connectivity index is 2.24. The van der Waals surface area contributed by atoms with E-state index < -0.39 is 12.7 Å². The van der Waals surface area contributed by atoms with Crippen LogP contribution in [-0.2, 0) is 0 Å². The van der Waals surface area contributed by atoms with Gasteiger partial charge in [0, 0.05) is 12.6 Å². The first kappa shape index (κ1) is 11.8. The molecule has 0 aromatic carbocycles. The third-order valence-corrected chi connectivity index (χ3v) is 2.42. The smallest absolute Gasteiger partial charge is 0.312 e. The van der Waals surface area contributed by atoms with Crippen molar-refractivity contribution < 1.29 is 13.2 Å². The van der Waals surface area contributed by atoms with Gasteiger partial charge in [-0.2, -0.15) is 13.2 Å². The molecule has 0 amide bonds. The molecular weight excluding hydrogens is 193 g/mol. The molecule has 84 valence electrons. The number of rotatable bonds is 3. The second-order valence-electron chi connectivity index (χ2n) is 4.26. The standard InChI is InChI=1S/C9H17F3N2/c1-7-3-8(13-4-7)5-14(2)6-9(10,11)12/h7-8,13H,3-6H2,1-2H3. The molecule has 1 aliphatic heterocycles. The largest absolute Gasteiger partial charge is 0.401 e. The van der Waals surface area contributed by atoms with E-state index in [1.807, 2.05) is 0 Å². The zero-order valence-corrected chi connectivity index (χ0v) is 8.56. The summed E-state index contributed by atoms with van der Waals surface area (Å²) in [5.74, 6) is 0.583. The van der Waals surface area contributed by atoms with Crippen LogP contribution in [0.2, 0.25) is 0 Å². The molecule has 1 fully saturated rings. The van der Waals surface area contributed by atoms with E-state index in [4.69, 9.17) is 0 Å². The monoisotopic (exact) mass is 210 g/mol. The second kappa shape index (κ2) is 4.49. The fourth-order valence-electron chi connectivity index (χ4n) is 1.91. The fraction of sp³-hybridized carbons (Fsp3) is 1.00. The van der Waals surface area contributed by atoms with Gasteiger partial charge in [-0.3, -0.25) is 4.90 Å². The number of hydrogen-bond donors (Lipinski definition) is 1. The van der Waals surface area contributed by atoms with Gasteiger partial charge in [0.25, 0.3) is 0 Å². The van der Waals surface area contributed by atoms with Crippen LogP contribution in [0.3, 0.4) is 0 Å². The predicted molar refractivity (Wildman–Crippen MR) is 49.1 cm³/mol. The molecule has 1 N–H and O–H groups in total. The molecule has 1 saturated heterocycles. The lowest BCUT2D eigenvalue weighted by Gasteiger charge is -2.22. The molecule has 0 aromatic rings. The summed E-state index contributed by atoms with van der Waals surface area (Å²) in [4.78, 5) is 1.33. The van der Waals surface area contributed by atoms with E-state index in [1.54, 1.807) is 0 Å². The molecule has 0 bridgehead atoms. The van der Waals surface area contributed by atoms with Crippen molar-refractivity contribution in [1.82, 2.24) is 10.2 Å². The van der Waals surface area contributed by atoms with Gasteiger partial charge < -0.3 is 5.32 Å². The Kier molecular flexibility index (Phi) is 3.78. The molecule has 5 heteroatoms. The van der Waals surface area contributed by atoms with E-state index in [1.165, 1.54) is 11.9 Å². The molecule has 1 aliphatic rings. The molecule has 2 unspecified atom stereocenters. The van der Waals surface area contributed by atoms with Crippen molar-refractivity contribution in [3.63, 3.8) is 0 Å². The fourth-order valence-corrected chi connectivity index (χ4v) is 1.91. The maximum Gasteiger partial charge on any atom is 0.401 e. The Labute approximate surface area is 82.5 Å². The van der Waals surface area contributed by atoms with E-state index in [9.17, 15) is 13.2 Å². The van der Waals surface area contributed by atoms with Gasteiger partial charge >= 0.3 is 6.18 Å². The highest BCUT2D eigenvalue weighted by Gasteiger charge is 2.31. The van der Waals surface area contributed by atoms with Crippen LogP contribution in [0, 0.1) is 5.92 Å². The van der Waals surface area contributed by atoms with Crippen LogP contribution >= 0.6 is 0 Å². The summed E-state index contributed by atoms with van der Waals surface area (Å²) in [6, 6.07) is 0.220.